The molecule has 2 heterocycles. The van der Waals surface area contributed by atoms with Gasteiger partial charge in [0.05, 0.1) is 4.90 Å². The van der Waals surface area contributed by atoms with Crippen molar-refractivity contribution in [3.05, 3.63) is 54.1 Å². The number of fused-ring (bicyclic) bond motifs is 3. The summed E-state index contributed by atoms with van der Waals surface area (Å²) in [5.41, 5.74) is 0.293. The highest BCUT2D eigenvalue weighted by Crippen LogP contribution is 2.55. The van der Waals surface area contributed by atoms with E-state index in [0.717, 1.165) is 5.56 Å². The van der Waals surface area contributed by atoms with E-state index in [2.05, 4.69) is 0 Å². The lowest BCUT2D eigenvalue weighted by molar-refractivity contribution is 0.0692. The summed E-state index contributed by atoms with van der Waals surface area (Å²) in [6.07, 6.45) is -0.0700. The second-order valence-corrected chi connectivity index (χ2v) is 8.09. The molecule has 2 unspecified atom stereocenters. The van der Waals surface area contributed by atoms with Crippen LogP contribution in [0.1, 0.15) is 25.5 Å². The topological polar surface area (TPSA) is 55.9 Å². The summed E-state index contributed by atoms with van der Waals surface area (Å²) < 4.78 is 37.5. The van der Waals surface area contributed by atoms with Crippen LogP contribution in [0, 0.1) is 0 Å². The lowest BCUT2D eigenvalue weighted by Crippen LogP contribution is -2.38. The zero-order valence-corrected chi connectivity index (χ0v) is 13.1. The summed E-state index contributed by atoms with van der Waals surface area (Å²) in [7, 11) is -3.62. The molecular formula is C17H16O4S. The van der Waals surface area contributed by atoms with Gasteiger partial charge in [-0.2, -0.15) is 0 Å². The minimum Gasteiger partial charge on any atom is -0.483 e. The van der Waals surface area contributed by atoms with Gasteiger partial charge in [-0.05, 0) is 32.0 Å². The molecule has 5 heteroatoms. The summed E-state index contributed by atoms with van der Waals surface area (Å²) in [5.74, 6) is 0.426. The van der Waals surface area contributed by atoms with Crippen LogP contribution in [0.5, 0.6) is 5.75 Å². The average Bonchev–Trinajstić information content (AvgIpc) is 3.29. The standard InChI is InChI=1S/C17H16O4S/c1-17(2)16-15(20-16)12-9-6-10-13(14(12)21-17)22(18,19)11-7-4-3-5-8-11/h3-10,15-16H,1-2H3. The molecule has 0 saturated carbocycles. The molecule has 2 aromatic rings. The van der Waals surface area contributed by atoms with Gasteiger partial charge in [0.25, 0.3) is 0 Å². The number of para-hydroxylation sites is 1. The lowest BCUT2D eigenvalue weighted by atomic mass is 9.94. The predicted molar refractivity (Wildman–Crippen MR) is 80.7 cm³/mol. The molecule has 22 heavy (non-hydrogen) atoms. The SMILES string of the molecule is CC1(C)Oc2c(cccc2S(=O)(=O)c2ccccc2)C2OC21. The maximum atomic E-state index is 12.9. The van der Waals surface area contributed by atoms with Crippen molar-refractivity contribution in [2.75, 3.05) is 0 Å². The van der Waals surface area contributed by atoms with E-state index >= 15 is 0 Å². The van der Waals surface area contributed by atoms with Crippen LogP contribution in [-0.4, -0.2) is 20.1 Å². The first-order chi connectivity index (χ1) is 10.4. The molecule has 2 aliphatic heterocycles. The fraction of sp³-hybridized carbons (Fsp3) is 0.294. The minimum absolute atomic E-state index is 0.00493. The number of hydrogen-bond acceptors (Lipinski definition) is 4. The zero-order chi connectivity index (χ0) is 15.5. The summed E-state index contributed by atoms with van der Waals surface area (Å²) in [4.78, 5) is 0.474. The van der Waals surface area contributed by atoms with Gasteiger partial charge in [0.2, 0.25) is 9.84 Å². The van der Waals surface area contributed by atoms with E-state index in [1.165, 1.54) is 0 Å². The third-order valence-corrected chi connectivity index (χ3v) is 5.99. The van der Waals surface area contributed by atoms with Crippen molar-refractivity contribution in [2.45, 2.75) is 41.4 Å². The van der Waals surface area contributed by atoms with Crippen molar-refractivity contribution in [3.63, 3.8) is 0 Å². The Morgan fingerprint density at radius 1 is 1.00 bits per heavy atom. The van der Waals surface area contributed by atoms with Gasteiger partial charge in [-0.1, -0.05) is 30.3 Å². The molecule has 2 aliphatic rings. The molecule has 0 spiro atoms. The van der Waals surface area contributed by atoms with E-state index in [-0.39, 0.29) is 22.0 Å². The van der Waals surface area contributed by atoms with Crippen LogP contribution < -0.4 is 4.74 Å². The smallest absolute Gasteiger partial charge is 0.210 e. The van der Waals surface area contributed by atoms with Crippen LogP contribution in [0.4, 0.5) is 0 Å². The monoisotopic (exact) mass is 316 g/mol. The van der Waals surface area contributed by atoms with E-state index in [0.29, 0.717) is 5.75 Å². The summed E-state index contributed by atoms with van der Waals surface area (Å²) in [5, 5.41) is 0. The minimum atomic E-state index is -3.62. The third-order valence-electron chi connectivity index (χ3n) is 4.20. The predicted octanol–water partition coefficient (Wildman–Crippen LogP) is 3.13. The summed E-state index contributed by atoms with van der Waals surface area (Å²) >= 11 is 0. The number of rotatable bonds is 2. The first kappa shape index (κ1) is 13.8. The van der Waals surface area contributed by atoms with E-state index in [1.807, 2.05) is 19.9 Å². The molecule has 0 bridgehead atoms. The molecule has 114 valence electrons. The number of sulfone groups is 1. The normalized spacial score (nSPS) is 24.8. The maximum Gasteiger partial charge on any atom is 0.210 e. The molecule has 2 atom stereocenters. The van der Waals surface area contributed by atoms with Crippen molar-refractivity contribution < 1.29 is 17.9 Å². The average molecular weight is 316 g/mol. The van der Waals surface area contributed by atoms with Gasteiger partial charge in [0.1, 0.15) is 28.5 Å². The van der Waals surface area contributed by atoms with E-state index in [4.69, 9.17) is 9.47 Å². The van der Waals surface area contributed by atoms with Crippen molar-refractivity contribution >= 4 is 9.84 Å². The fourth-order valence-corrected chi connectivity index (χ4v) is 4.43. The van der Waals surface area contributed by atoms with Crippen LogP contribution in [0.25, 0.3) is 0 Å². The fourth-order valence-electron chi connectivity index (χ4n) is 3.00. The van der Waals surface area contributed by atoms with Crippen LogP contribution in [-0.2, 0) is 14.6 Å². The second-order valence-electron chi connectivity index (χ2n) is 6.17. The van der Waals surface area contributed by atoms with Gasteiger partial charge in [0.15, 0.2) is 0 Å². The van der Waals surface area contributed by atoms with E-state index in [1.54, 1.807) is 42.5 Å². The molecule has 1 saturated heterocycles. The van der Waals surface area contributed by atoms with E-state index in [9.17, 15) is 8.42 Å². The zero-order valence-electron chi connectivity index (χ0n) is 12.3. The highest BCUT2D eigenvalue weighted by Gasteiger charge is 2.57. The van der Waals surface area contributed by atoms with Gasteiger partial charge in [-0.3, -0.25) is 0 Å². The van der Waals surface area contributed by atoms with Crippen molar-refractivity contribution in [1.29, 1.82) is 0 Å². The van der Waals surface area contributed by atoms with Crippen molar-refractivity contribution in [3.8, 4) is 5.75 Å². The highest BCUT2D eigenvalue weighted by molar-refractivity contribution is 7.91. The molecule has 2 aromatic carbocycles. The molecular weight excluding hydrogens is 300 g/mol. The molecule has 0 amide bonds. The van der Waals surface area contributed by atoms with Gasteiger partial charge < -0.3 is 9.47 Å². The Morgan fingerprint density at radius 3 is 2.45 bits per heavy atom. The molecule has 4 rings (SSSR count). The number of benzene rings is 2. The number of hydrogen-bond donors (Lipinski definition) is 0. The van der Waals surface area contributed by atoms with Gasteiger partial charge >= 0.3 is 0 Å². The molecule has 0 radical (unpaired) electrons. The van der Waals surface area contributed by atoms with Crippen LogP contribution >= 0.6 is 0 Å². The lowest BCUT2D eigenvalue weighted by Gasteiger charge is -2.30. The Balaban J connectivity index is 1.90. The maximum absolute atomic E-state index is 12.9. The Labute approximate surface area is 129 Å². The molecule has 0 aromatic heterocycles. The van der Waals surface area contributed by atoms with Crippen LogP contribution in [0.2, 0.25) is 0 Å². The number of epoxide rings is 1. The van der Waals surface area contributed by atoms with Crippen molar-refractivity contribution in [1.82, 2.24) is 0 Å². The summed E-state index contributed by atoms with van der Waals surface area (Å²) in [6.45, 7) is 3.85. The van der Waals surface area contributed by atoms with Gasteiger partial charge in [0, 0.05) is 5.56 Å². The molecule has 0 aliphatic carbocycles. The quantitative estimate of drug-likeness (QED) is 0.799. The van der Waals surface area contributed by atoms with Crippen LogP contribution in [0.3, 0.4) is 0 Å². The van der Waals surface area contributed by atoms with E-state index < -0.39 is 15.4 Å². The number of ether oxygens (including phenoxy) is 2. The first-order valence-corrected chi connectivity index (χ1v) is 8.67. The third kappa shape index (κ3) is 1.89. The highest BCUT2D eigenvalue weighted by atomic mass is 32.2. The van der Waals surface area contributed by atoms with Crippen molar-refractivity contribution in [2.24, 2.45) is 0 Å². The Kier molecular flexibility index (Phi) is 2.72. The molecule has 4 nitrogen and oxygen atoms in total. The largest absolute Gasteiger partial charge is 0.483 e. The second kappa shape index (κ2) is 4.33. The Morgan fingerprint density at radius 2 is 1.73 bits per heavy atom. The Bertz CT molecular complexity index is 840. The molecule has 1 fully saturated rings. The molecule has 0 N–H and O–H groups in total. The van der Waals surface area contributed by atoms with Gasteiger partial charge in [-0.15, -0.1) is 0 Å². The summed E-state index contributed by atoms with van der Waals surface area (Å²) in [6, 6.07) is 13.6. The van der Waals surface area contributed by atoms with Crippen LogP contribution in [0.15, 0.2) is 58.3 Å². The van der Waals surface area contributed by atoms with Gasteiger partial charge in [-0.25, -0.2) is 8.42 Å². The Hall–Kier alpha value is -1.85. The first-order valence-electron chi connectivity index (χ1n) is 7.19.